The fraction of sp³-hybridized carbons (Fsp3) is 0. The third-order valence-corrected chi connectivity index (χ3v) is 4.04. The maximum Gasteiger partial charge on any atom is 0.383 e. The molecule has 0 aliphatic rings. The van der Waals surface area contributed by atoms with Crippen LogP contribution in [0.5, 0.6) is 5.88 Å². The maximum atomic E-state index is 10.1. The molecule has 3 aromatic rings. The number of aromatic hydroxyl groups is 1. The Morgan fingerprint density at radius 3 is 2.32 bits per heavy atom. The Labute approximate surface area is 120 Å². The van der Waals surface area contributed by atoms with Crippen molar-refractivity contribution in [1.82, 2.24) is 0 Å². The highest BCUT2D eigenvalue weighted by molar-refractivity contribution is 7.12. The lowest BCUT2D eigenvalue weighted by molar-refractivity contribution is -0.587. The molecule has 2 aromatic carbocycles. The van der Waals surface area contributed by atoms with Crippen molar-refractivity contribution in [3.8, 4) is 22.1 Å². The van der Waals surface area contributed by atoms with Gasteiger partial charge in [-0.25, -0.2) is 0 Å². The highest BCUT2D eigenvalue weighted by atomic mass is 35.5. The van der Waals surface area contributed by atoms with Gasteiger partial charge in [0.15, 0.2) is 0 Å². The second-order valence-electron chi connectivity index (χ2n) is 4.08. The second-order valence-corrected chi connectivity index (χ2v) is 5.37. The number of thiazole rings is 1. The van der Waals surface area contributed by atoms with Gasteiger partial charge in [-0.1, -0.05) is 41.1 Å². The molecule has 1 heterocycles. The van der Waals surface area contributed by atoms with Gasteiger partial charge in [0.2, 0.25) is 5.69 Å². The van der Waals surface area contributed by atoms with Crippen LogP contribution in [-0.2, 0) is 0 Å². The minimum Gasteiger partial charge on any atom is -0.459 e. The van der Waals surface area contributed by atoms with Gasteiger partial charge in [0, 0.05) is 17.2 Å². The lowest BCUT2D eigenvalue weighted by atomic mass is 10.2. The van der Waals surface area contributed by atoms with Gasteiger partial charge in [0.05, 0.1) is 5.56 Å². The Morgan fingerprint density at radius 1 is 0.947 bits per heavy atom. The highest BCUT2D eigenvalue weighted by Gasteiger charge is 2.23. The molecule has 94 valence electrons. The van der Waals surface area contributed by atoms with Crippen molar-refractivity contribution in [3.05, 3.63) is 65.0 Å². The smallest absolute Gasteiger partial charge is 0.383 e. The predicted octanol–water partition coefficient (Wildman–Crippen LogP) is 4.05. The molecule has 0 fully saturated rings. The van der Waals surface area contributed by atoms with Crippen molar-refractivity contribution < 1.29 is 9.67 Å². The number of benzene rings is 2. The molecule has 0 saturated carbocycles. The summed E-state index contributed by atoms with van der Waals surface area (Å²) in [5.74, 6) is 0.228. The van der Waals surface area contributed by atoms with E-state index in [-0.39, 0.29) is 5.88 Å². The average Bonchev–Trinajstić information content (AvgIpc) is 2.83. The molecule has 4 heteroatoms. The van der Waals surface area contributed by atoms with Crippen LogP contribution in [0, 0.1) is 0 Å². The Kier molecular flexibility index (Phi) is 3.23. The van der Waals surface area contributed by atoms with Crippen LogP contribution in [0.25, 0.3) is 16.3 Å². The quantitative estimate of drug-likeness (QED) is 0.707. The summed E-state index contributed by atoms with van der Waals surface area (Å²) in [6.07, 6.45) is 0. The molecule has 1 aromatic heterocycles. The first-order chi connectivity index (χ1) is 9.25. The standard InChI is InChI=1S/C15H10ClNOS/c16-12-6-8-13(9-7-12)17-14(18)10-19-15(17)11-4-2-1-3-5-11/h1-10H/p+1. The van der Waals surface area contributed by atoms with Gasteiger partial charge in [-0.05, 0) is 24.3 Å². The first-order valence-corrected chi connectivity index (χ1v) is 7.05. The molecule has 0 saturated heterocycles. The topological polar surface area (TPSA) is 24.1 Å². The summed E-state index contributed by atoms with van der Waals surface area (Å²) < 4.78 is 1.82. The van der Waals surface area contributed by atoms with Gasteiger partial charge in [-0.3, -0.25) is 0 Å². The van der Waals surface area contributed by atoms with Gasteiger partial charge in [-0.15, -0.1) is 4.57 Å². The van der Waals surface area contributed by atoms with E-state index in [1.807, 2.05) is 59.2 Å². The highest BCUT2D eigenvalue weighted by Crippen LogP contribution is 2.26. The molecule has 0 amide bonds. The van der Waals surface area contributed by atoms with E-state index in [0.29, 0.717) is 5.02 Å². The van der Waals surface area contributed by atoms with E-state index in [0.717, 1.165) is 16.3 Å². The van der Waals surface area contributed by atoms with Crippen LogP contribution < -0.4 is 4.57 Å². The molecular weight excluding hydrogens is 278 g/mol. The van der Waals surface area contributed by atoms with E-state index in [1.54, 1.807) is 5.38 Å². The van der Waals surface area contributed by atoms with Gasteiger partial charge >= 0.3 is 5.88 Å². The Hall–Kier alpha value is -1.84. The van der Waals surface area contributed by atoms with Crippen molar-refractivity contribution in [2.24, 2.45) is 0 Å². The van der Waals surface area contributed by atoms with Gasteiger partial charge < -0.3 is 5.11 Å². The third kappa shape index (κ3) is 2.35. The number of aromatic nitrogens is 1. The summed E-state index contributed by atoms with van der Waals surface area (Å²) in [7, 11) is 0. The third-order valence-electron chi connectivity index (χ3n) is 2.81. The summed E-state index contributed by atoms with van der Waals surface area (Å²) in [5, 5.41) is 13.5. The maximum absolute atomic E-state index is 10.1. The monoisotopic (exact) mass is 288 g/mol. The molecule has 2 nitrogen and oxygen atoms in total. The number of hydrogen-bond acceptors (Lipinski definition) is 2. The zero-order chi connectivity index (χ0) is 13.2. The van der Waals surface area contributed by atoms with Crippen molar-refractivity contribution in [3.63, 3.8) is 0 Å². The first kappa shape index (κ1) is 12.2. The van der Waals surface area contributed by atoms with E-state index in [2.05, 4.69) is 0 Å². The zero-order valence-corrected chi connectivity index (χ0v) is 11.5. The van der Waals surface area contributed by atoms with E-state index in [1.165, 1.54) is 11.3 Å². The summed E-state index contributed by atoms with van der Waals surface area (Å²) in [4.78, 5) is 0. The van der Waals surface area contributed by atoms with Crippen molar-refractivity contribution in [1.29, 1.82) is 0 Å². The van der Waals surface area contributed by atoms with E-state index in [4.69, 9.17) is 11.6 Å². The van der Waals surface area contributed by atoms with E-state index in [9.17, 15) is 5.11 Å². The molecule has 0 radical (unpaired) electrons. The molecule has 0 unspecified atom stereocenters. The molecule has 1 N–H and O–H groups in total. The minimum atomic E-state index is 0.228. The van der Waals surface area contributed by atoms with Crippen LogP contribution in [0.3, 0.4) is 0 Å². The molecule has 0 spiro atoms. The minimum absolute atomic E-state index is 0.228. The average molecular weight is 289 g/mol. The SMILES string of the molecule is Oc1csc(-c2ccccc2)[n+]1-c1ccc(Cl)cc1. The lowest BCUT2D eigenvalue weighted by Gasteiger charge is -1.99. The fourth-order valence-electron chi connectivity index (χ4n) is 1.94. The Bertz CT molecular complexity index is 692. The van der Waals surface area contributed by atoms with E-state index < -0.39 is 0 Å². The van der Waals surface area contributed by atoms with Crippen LogP contribution in [-0.4, -0.2) is 5.11 Å². The molecule has 0 bridgehead atoms. The summed E-state index contributed by atoms with van der Waals surface area (Å²) in [6, 6.07) is 17.4. The van der Waals surface area contributed by atoms with Gasteiger partial charge in [0.1, 0.15) is 5.38 Å². The fourth-order valence-corrected chi connectivity index (χ4v) is 2.96. The molecule has 0 aliphatic heterocycles. The normalized spacial score (nSPS) is 10.6. The lowest BCUT2D eigenvalue weighted by Crippen LogP contribution is -2.30. The Morgan fingerprint density at radius 2 is 1.63 bits per heavy atom. The summed E-state index contributed by atoms with van der Waals surface area (Å²) >= 11 is 7.41. The van der Waals surface area contributed by atoms with Crippen LogP contribution in [0.1, 0.15) is 0 Å². The van der Waals surface area contributed by atoms with Crippen molar-refractivity contribution in [2.75, 3.05) is 0 Å². The molecule has 0 aliphatic carbocycles. The molecule has 3 rings (SSSR count). The largest absolute Gasteiger partial charge is 0.459 e. The molecule has 19 heavy (non-hydrogen) atoms. The van der Waals surface area contributed by atoms with Crippen molar-refractivity contribution in [2.45, 2.75) is 0 Å². The van der Waals surface area contributed by atoms with Crippen molar-refractivity contribution >= 4 is 22.9 Å². The van der Waals surface area contributed by atoms with Crippen LogP contribution in [0.2, 0.25) is 5.02 Å². The van der Waals surface area contributed by atoms with Crippen LogP contribution >= 0.6 is 22.9 Å². The molecular formula is C15H11ClNOS+. The van der Waals surface area contributed by atoms with Gasteiger partial charge in [-0.2, -0.15) is 0 Å². The molecule has 0 atom stereocenters. The Balaban J connectivity index is 2.17. The van der Waals surface area contributed by atoms with E-state index >= 15 is 0 Å². The van der Waals surface area contributed by atoms with Crippen LogP contribution in [0.15, 0.2) is 60.0 Å². The van der Waals surface area contributed by atoms with Crippen LogP contribution in [0.4, 0.5) is 0 Å². The number of halogens is 1. The zero-order valence-electron chi connectivity index (χ0n) is 9.95. The second kappa shape index (κ2) is 5.03. The first-order valence-electron chi connectivity index (χ1n) is 5.79. The van der Waals surface area contributed by atoms with Gasteiger partial charge in [0.25, 0.3) is 5.01 Å². The predicted molar refractivity (Wildman–Crippen MR) is 78.0 cm³/mol. The number of rotatable bonds is 2. The summed E-state index contributed by atoms with van der Waals surface area (Å²) in [6.45, 7) is 0. The number of nitrogens with zero attached hydrogens (tertiary/aromatic N) is 1. The summed E-state index contributed by atoms with van der Waals surface area (Å²) in [5.41, 5.74) is 1.96. The number of hydrogen-bond donors (Lipinski definition) is 1.